The molecule has 0 spiro atoms. The van der Waals surface area contributed by atoms with E-state index in [1.165, 1.54) is 12.1 Å². The van der Waals surface area contributed by atoms with Gasteiger partial charge in [0.2, 0.25) is 11.8 Å². The molecule has 2 heterocycles. The van der Waals surface area contributed by atoms with Gasteiger partial charge in [0.15, 0.2) is 0 Å². The molecule has 1 aliphatic heterocycles. The minimum atomic E-state index is -0.376. The van der Waals surface area contributed by atoms with E-state index in [2.05, 4.69) is 9.97 Å². The number of anilines is 1. The van der Waals surface area contributed by atoms with Crippen molar-refractivity contribution in [1.29, 1.82) is 0 Å². The lowest BCUT2D eigenvalue weighted by Crippen LogP contribution is -2.43. The quantitative estimate of drug-likeness (QED) is 0.944. The van der Waals surface area contributed by atoms with E-state index in [1.54, 1.807) is 24.4 Å². The molecule has 3 rings (SSSR count). The molecule has 1 saturated heterocycles. The van der Waals surface area contributed by atoms with Crippen molar-refractivity contribution in [1.82, 2.24) is 9.97 Å². The fraction of sp³-hybridized carbons (Fsp3) is 0.375. The molecule has 22 heavy (non-hydrogen) atoms. The Bertz CT molecular complexity index is 636. The topological polar surface area (TPSA) is 58.5 Å². The van der Waals surface area contributed by atoms with Crippen molar-refractivity contribution in [2.45, 2.75) is 19.4 Å². The summed E-state index contributed by atoms with van der Waals surface area (Å²) < 4.78 is 18.5. The van der Waals surface area contributed by atoms with Crippen LogP contribution in [0.1, 0.15) is 13.3 Å². The van der Waals surface area contributed by atoms with Gasteiger partial charge in [-0.2, -0.15) is 4.98 Å². The predicted octanol–water partition coefficient (Wildman–Crippen LogP) is 2.62. The average Bonchev–Trinajstić information content (AvgIpc) is 2.53. The van der Waals surface area contributed by atoms with Crippen LogP contribution < -0.4 is 9.64 Å². The molecule has 116 valence electrons. The second-order valence-electron chi connectivity index (χ2n) is 5.53. The van der Waals surface area contributed by atoms with Gasteiger partial charge in [-0.3, -0.25) is 0 Å². The Labute approximate surface area is 128 Å². The van der Waals surface area contributed by atoms with E-state index >= 15 is 0 Å². The second-order valence-corrected chi connectivity index (χ2v) is 5.53. The molecule has 5 nitrogen and oxygen atoms in total. The number of aromatic nitrogens is 2. The predicted molar refractivity (Wildman–Crippen MR) is 80.5 cm³/mol. The maximum Gasteiger partial charge on any atom is 0.228 e. The van der Waals surface area contributed by atoms with Crippen LogP contribution in [0.3, 0.4) is 0 Å². The first-order valence-corrected chi connectivity index (χ1v) is 7.31. The van der Waals surface area contributed by atoms with Crippen LogP contribution >= 0.6 is 0 Å². The summed E-state index contributed by atoms with van der Waals surface area (Å²) in [6.07, 6.45) is 2.14. The molecule has 0 amide bonds. The molecule has 1 aromatic heterocycles. The largest absolute Gasteiger partial charge is 0.439 e. The number of rotatable bonds is 3. The molecule has 0 radical (unpaired) electrons. The van der Waals surface area contributed by atoms with Crippen molar-refractivity contribution >= 4 is 5.95 Å². The maximum absolute atomic E-state index is 12.9. The number of aliphatic hydroxyl groups excluding tert-OH is 1. The maximum atomic E-state index is 12.9. The van der Waals surface area contributed by atoms with Crippen LogP contribution in [0.15, 0.2) is 36.5 Å². The summed E-state index contributed by atoms with van der Waals surface area (Å²) >= 11 is 0. The Morgan fingerprint density at radius 1 is 1.27 bits per heavy atom. The summed E-state index contributed by atoms with van der Waals surface area (Å²) in [7, 11) is 0. The number of hydrogen-bond donors (Lipinski definition) is 1. The number of ether oxygens (including phenoxy) is 1. The van der Waals surface area contributed by atoms with Crippen LogP contribution in [0.2, 0.25) is 0 Å². The first-order chi connectivity index (χ1) is 10.6. The van der Waals surface area contributed by atoms with E-state index in [-0.39, 0.29) is 17.8 Å². The van der Waals surface area contributed by atoms with Gasteiger partial charge in [-0.05, 0) is 36.6 Å². The number of aliphatic hydroxyl groups is 1. The molecule has 2 unspecified atom stereocenters. The number of β-amino-alcohol motifs (C(OH)–C–C–N with tert-alkyl or cyclic N) is 1. The van der Waals surface area contributed by atoms with Crippen molar-refractivity contribution in [3.63, 3.8) is 0 Å². The van der Waals surface area contributed by atoms with Gasteiger partial charge in [0.25, 0.3) is 0 Å². The van der Waals surface area contributed by atoms with Gasteiger partial charge in [0.1, 0.15) is 11.6 Å². The Hall–Kier alpha value is -2.21. The van der Waals surface area contributed by atoms with Crippen LogP contribution in [0.4, 0.5) is 10.3 Å². The fourth-order valence-electron chi connectivity index (χ4n) is 2.40. The van der Waals surface area contributed by atoms with Crippen molar-refractivity contribution in [2.24, 2.45) is 5.92 Å². The number of benzene rings is 1. The van der Waals surface area contributed by atoms with Crippen LogP contribution in [0.5, 0.6) is 11.6 Å². The lowest BCUT2D eigenvalue weighted by Gasteiger charge is -2.34. The van der Waals surface area contributed by atoms with E-state index < -0.39 is 0 Å². The van der Waals surface area contributed by atoms with Gasteiger partial charge in [-0.1, -0.05) is 6.92 Å². The van der Waals surface area contributed by atoms with E-state index in [1.807, 2.05) is 11.8 Å². The zero-order chi connectivity index (χ0) is 15.5. The lowest BCUT2D eigenvalue weighted by molar-refractivity contribution is 0.102. The molecule has 0 saturated carbocycles. The average molecular weight is 303 g/mol. The normalized spacial score (nSPS) is 21.7. The Balaban J connectivity index is 1.73. The summed E-state index contributed by atoms with van der Waals surface area (Å²) in [5.74, 6) is 1.41. The van der Waals surface area contributed by atoms with E-state index in [0.29, 0.717) is 24.1 Å². The monoisotopic (exact) mass is 303 g/mol. The van der Waals surface area contributed by atoms with E-state index in [0.717, 1.165) is 13.0 Å². The standard InChI is InChI=1S/C16H18FN3O2/c1-11-7-9-20(10-14(11)21)16-18-8-6-15(19-16)22-13-4-2-12(17)3-5-13/h2-6,8,11,14,21H,7,9-10H2,1H3. The van der Waals surface area contributed by atoms with Gasteiger partial charge in [0.05, 0.1) is 6.10 Å². The molecular weight excluding hydrogens is 285 g/mol. The highest BCUT2D eigenvalue weighted by atomic mass is 19.1. The van der Waals surface area contributed by atoms with Gasteiger partial charge in [-0.15, -0.1) is 0 Å². The van der Waals surface area contributed by atoms with Crippen molar-refractivity contribution in [2.75, 3.05) is 18.0 Å². The number of piperidine rings is 1. The van der Waals surface area contributed by atoms with Crippen molar-refractivity contribution < 1.29 is 14.2 Å². The second kappa shape index (κ2) is 6.27. The summed E-state index contributed by atoms with van der Waals surface area (Å²) in [5.41, 5.74) is 0. The molecule has 1 N–H and O–H groups in total. The third kappa shape index (κ3) is 3.33. The van der Waals surface area contributed by atoms with Crippen LogP contribution in [0, 0.1) is 11.7 Å². The smallest absolute Gasteiger partial charge is 0.228 e. The third-order valence-corrected chi connectivity index (χ3v) is 3.85. The van der Waals surface area contributed by atoms with Crippen LogP contribution in [-0.4, -0.2) is 34.3 Å². The molecule has 1 aliphatic rings. The number of nitrogens with zero attached hydrogens (tertiary/aromatic N) is 3. The SMILES string of the molecule is CC1CCN(c2nccc(Oc3ccc(F)cc3)n2)CC1O. The first kappa shape index (κ1) is 14.7. The van der Waals surface area contributed by atoms with Gasteiger partial charge < -0.3 is 14.7 Å². The Morgan fingerprint density at radius 2 is 2.05 bits per heavy atom. The molecule has 1 aromatic carbocycles. The van der Waals surface area contributed by atoms with E-state index in [4.69, 9.17) is 4.74 Å². The zero-order valence-electron chi connectivity index (χ0n) is 12.3. The number of halogens is 1. The Kier molecular flexibility index (Phi) is 4.20. The van der Waals surface area contributed by atoms with Crippen molar-refractivity contribution in [3.8, 4) is 11.6 Å². The molecule has 0 bridgehead atoms. The summed E-state index contributed by atoms with van der Waals surface area (Å²) in [6, 6.07) is 7.41. The Morgan fingerprint density at radius 3 is 2.77 bits per heavy atom. The molecule has 2 atom stereocenters. The minimum absolute atomic E-state index is 0.287. The molecular formula is C16H18FN3O2. The lowest BCUT2D eigenvalue weighted by atomic mass is 9.96. The van der Waals surface area contributed by atoms with Gasteiger partial charge >= 0.3 is 0 Å². The minimum Gasteiger partial charge on any atom is -0.439 e. The third-order valence-electron chi connectivity index (χ3n) is 3.85. The molecule has 0 aliphatic carbocycles. The molecule has 2 aromatic rings. The summed E-state index contributed by atoms with van der Waals surface area (Å²) in [6.45, 7) is 3.36. The van der Waals surface area contributed by atoms with Crippen molar-refractivity contribution in [3.05, 3.63) is 42.3 Å². The highest BCUT2D eigenvalue weighted by molar-refractivity contribution is 5.35. The van der Waals surface area contributed by atoms with Gasteiger partial charge in [-0.25, -0.2) is 9.37 Å². The first-order valence-electron chi connectivity index (χ1n) is 7.31. The highest BCUT2D eigenvalue weighted by Crippen LogP contribution is 2.24. The summed E-state index contributed by atoms with van der Waals surface area (Å²) in [4.78, 5) is 10.5. The fourth-order valence-corrected chi connectivity index (χ4v) is 2.40. The molecule has 1 fully saturated rings. The molecule has 6 heteroatoms. The highest BCUT2D eigenvalue weighted by Gasteiger charge is 2.25. The summed E-state index contributed by atoms with van der Waals surface area (Å²) in [5, 5.41) is 9.98. The van der Waals surface area contributed by atoms with E-state index in [9.17, 15) is 9.50 Å². The van der Waals surface area contributed by atoms with Gasteiger partial charge in [0, 0.05) is 25.4 Å². The van der Waals surface area contributed by atoms with Crippen LogP contribution in [-0.2, 0) is 0 Å². The zero-order valence-corrected chi connectivity index (χ0v) is 12.3. The number of hydrogen-bond acceptors (Lipinski definition) is 5. The van der Waals surface area contributed by atoms with Crippen LogP contribution in [0.25, 0.3) is 0 Å².